The number of hydrogen-bond donors (Lipinski definition) is 1. The van der Waals surface area contributed by atoms with Gasteiger partial charge in [0.05, 0.1) is 22.0 Å². The third kappa shape index (κ3) is 1.90. The first-order valence-electron chi connectivity index (χ1n) is 4.48. The van der Waals surface area contributed by atoms with Gasteiger partial charge in [0.1, 0.15) is 0 Å². The Bertz CT molecular complexity index is 530. The fraction of sp³-hybridized carbons (Fsp3) is 0. The highest BCUT2D eigenvalue weighted by Crippen LogP contribution is 2.21. The lowest BCUT2D eigenvalue weighted by Crippen LogP contribution is -2.01. The average molecular weight is 236 g/mol. The van der Waals surface area contributed by atoms with Crippen molar-refractivity contribution in [1.29, 1.82) is 0 Å². The molecule has 1 aromatic heterocycles. The molecule has 0 bridgehead atoms. The summed E-state index contributed by atoms with van der Waals surface area (Å²) in [4.78, 5) is 11.5. The molecule has 0 amide bonds. The van der Waals surface area contributed by atoms with Crippen LogP contribution >= 0.6 is 0 Å². The van der Waals surface area contributed by atoms with Crippen LogP contribution in [0, 0.1) is 0 Å². The van der Waals surface area contributed by atoms with E-state index in [0.29, 0.717) is 4.90 Å². The summed E-state index contributed by atoms with van der Waals surface area (Å²) in [5, 5.41) is 8.82. The van der Waals surface area contributed by atoms with Crippen LogP contribution in [-0.4, -0.2) is 15.3 Å². The quantitative estimate of drug-likeness (QED) is 0.886. The normalized spacial score (nSPS) is 12.2. The maximum Gasteiger partial charge on any atom is 0.373 e. The molecule has 1 N–H and O–H groups in total. The van der Waals surface area contributed by atoms with Crippen LogP contribution in [0.1, 0.15) is 10.6 Å². The minimum Gasteiger partial charge on any atom is -0.475 e. The summed E-state index contributed by atoms with van der Waals surface area (Å²) in [6.07, 6.45) is 1.22. The molecule has 0 aliphatic heterocycles. The van der Waals surface area contributed by atoms with Gasteiger partial charge in [-0.1, -0.05) is 18.2 Å². The van der Waals surface area contributed by atoms with Gasteiger partial charge in [-0.2, -0.15) is 0 Å². The van der Waals surface area contributed by atoms with Gasteiger partial charge in [0.15, 0.2) is 0 Å². The van der Waals surface area contributed by atoms with Gasteiger partial charge < -0.3 is 9.52 Å². The SMILES string of the molecule is O=C(O)c1occc1S(=O)c1ccccc1. The summed E-state index contributed by atoms with van der Waals surface area (Å²) in [7, 11) is -1.52. The highest BCUT2D eigenvalue weighted by Gasteiger charge is 2.19. The number of hydrogen-bond acceptors (Lipinski definition) is 3. The summed E-state index contributed by atoms with van der Waals surface area (Å²) in [5.74, 6) is -1.49. The van der Waals surface area contributed by atoms with Crippen LogP contribution in [0.15, 0.2) is 56.9 Å². The van der Waals surface area contributed by atoms with Crippen molar-refractivity contribution in [2.24, 2.45) is 0 Å². The van der Waals surface area contributed by atoms with Gasteiger partial charge in [-0.15, -0.1) is 0 Å². The molecule has 1 aromatic carbocycles. The largest absolute Gasteiger partial charge is 0.475 e. The smallest absolute Gasteiger partial charge is 0.373 e. The van der Waals surface area contributed by atoms with Gasteiger partial charge >= 0.3 is 5.97 Å². The predicted octanol–water partition coefficient (Wildman–Crippen LogP) is 2.14. The standard InChI is InChI=1S/C11H8O4S/c12-11(13)10-9(6-7-15-10)16(14)8-4-2-1-3-5-8/h1-7H,(H,12,13). The van der Waals surface area contributed by atoms with Gasteiger partial charge in [0.25, 0.3) is 0 Å². The number of rotatable bonds is 3. The maximum atomic E-state index is 12.0. The molecule has 0 saturated heterocycles. The third-order valence-corrected chi connectivity index (χ3v) is 3.40. The average Bonchev–Trinajstić information content (AvgIpc) is 2.78. The zero-order chi connectivity index (χ0) is 11.5. The Kier molecular flexibility index (Phi) is 2.87. The first-order chi connectivity index (χ1) is 7.70. The van der Waals surface area contributed by atoms with Gasteiger partial charge in [-0.05, 0) is 18.2 Å². The van der Waals surface area contributed by atoms with E-state index in [0.717, 1.165) is 0 Å². The Morgan fingerprint density at radius 1 is 1.19 bits per heavy atom. The molecule has 4 nitrogen and oxygen atoms in total. The molecule has 0 spiro atoms. The zero-order valence-corrected chi connectivity index (χ0v) is 8.94. The van der Waals surface area contributed by atoms with E-state index in [1.54, 1.807) is 30.3 Å². The Morgan fingerprint density at radius 2 is 1.88 bits per heavy atom. The summed E-state index contributed by atoms with van der Waals surface area (Å²) >= 11 is 0. The van der Waals surface area contributed by atoms with E-state index in [9.17, 15) is 9.00 Å². The van der Waals surface area contributed by atoms with E-state index in [-0.39, 0.29) is 10.7 Å². The third-order valence-electron chi connectivity index (χ3n) is 1.98. The zero-order valence-electron chi connectivity index (χ0n) is 8.12. The van der Waals surface area contributed by atoms with E-state index in [1.807, 2.05) is 0 Å². The summed E-state index contributed by atoms with van der Waals surface area (Å²) in [6, 6.07) is 10.0. The molecule has 0 aliphatic rings. The van der Waals surface area contributed by atoms with Crippen LogP contribution in [-0.2, 0) is 10.8 Å². The van der Waals surface area contributed by atoms with Gasteiger partial charge in [-0.3, -0.25) is 0 Å². The molecule has 16 heavy (non-hydrogen) atoms. The Labute approximate surface area is 94.0 Å². The van der Waals surface area contributed by atoms with E-state index >= 15 is 0 Å². The van der Waals surface area contributed by atoms with Crippen LogP contribution in [0.5, 0.6) is 0 Å². The minimum absolute atomic E-state index is 0.179. The van der Waals surface area contributed by atoms with Crippen LogP contribution in [0.25, 0.3) is 0 Å². The second kappa shape index (κ2) is 4.32. The van der Waals surface area contributed by atoms with E-state index in [4.69, 9.17) is 9.52 Å². The van der Waals surface area contributed by atoms with Gasteiger partial charge in [0, 0.05) is 4.90 Å². The van der Waals surface area contributed by atoms with Gasteiger partial charge in [0.2, 0.25) is 5.76 Å². The molecule has 0 aliphatic carbocycles. The molecule has 1 atom stereocenters. The lowest BCUT2D eigenvalue weighted by atomic mass is 10.4. The minimum atomic E-state index is -1.52. The molecule has 2 aromatic rings. The molecule has 1 heterocycles. The summed E-state index contributed by atoms with van der Waals surface area (Å²) < 4.78 is 16.8. The molecule has 82 valence electrons. The molecular formula is C11H8O4S. The van der Waals surface area contributed by atoms with Crippen LogP contribution in [0.4, 0.5) is 0 Å². The lowest BCUT2D eigenvalue weighted by Gasteiger charge is -1.99. The second-order valence-electron chi connectivity index (χ2n) is 3.00. The van der Waals surface area contributed by atoms with Crippen molar-refractivity contribution < 1.29 is 18.5 Å². The molecular weight excluding hydrogens is 228 g/mol. The number of carboxylic acid groups (broad SMARTS) is 1. The second-order valence-corrected chi connectivity index (χ2v) is 4.45. The van der Waals surface area contributed by atoms with Crippen LogP contribution < -0.4 is 0 Å². The van der Waals surface area contributed by atoms with Crippen molar-refractivity contribution in [2.75, 3.05) is 0 Å². The summed E-state index contributed by atoms with van der Waals surface area (Å²) in [5.41, 5.74) is 0. The molecule has 1 unspecified atom stereocenters. The first-order valence-corrected chi connectivity index (χ1v) is 5.62. The van der Waals surface area contributed by atoms with Crippen molar-refractivity contribution in [3.05, 3.63) is 48.4 Å². The van der Waals surface area contributed by atoms with Crippen molar-refractivity contribution in [2.45, 2.75) is 9.79 Å². The monoisotopic (exact) mass is 236 g/mol. The Morgan fingerprint density at radius 3 is 2.50 bits per heavy atom. The highest BCUT2D eigenvalue weighted by molar-refractivity contribution is 7.85. The van der Waals surface area contributed by atoms with Crippen molar-refractivity contribution in [3.63, 3.8) is 0 Å². The van der Waals surface area contributed by atoms with E-state index in [2.05, 4.69) is 0 Å². The maximum absolute atomic E-state index is 12.0. The predicted molar refractivity (Wildman–Crippen MR) is 56.8 cm³/mol. The molecule has 2 rings (SSSR count). The fourth-order valence-corrected chi connectivity index (χ4v) is 2.41. The van der Waals surface area contributed by atoms with Crippen molar-refractivity contribution in [1.82, 2.24) is 0 Å². The van der Waals surface area contributed by atoms with Crippen LogP contribution in [0.2, 0.25) is 0 Å². The molecule has 0 radical (unpaired) electrons. The van der Waals surface area contributed by atoms with Crippen molar-refractivity contribution in [3.8, 4) is 0 Å². The Hall–Kier alpha value is -1.88. The number of furan rings is 1. The highest BCUT2D eigenvalue weighted by atomic mass is 32.2. The number of aromatic carboxylic acids is 1. The molecule has 0 saturated carbocycles. The van der Waals surface area contributed by atoms with E-state index < -0.39 is 16.8 Å². The molecule has 5 heteroatoms. The van der Waals surface area contributed by atoms with Gasteiger partial charge in [-0.25, -0.2) is 9.00 Å². The van der Waals surface area contributed by atoms with Crippen LogP contribution in [0.3, 0.4) is 0 Å². The molecule has 0 fully saturated rings. The Balaban J connectivity index is 2.42. The van der Waals surface area contributed by atoms with Crippen molar-refractivity contribution >= 4 is 16.8 Å². The summed E-state index contributed by atoms with van der Waals surface area (Å²) in [6.45, 7) is 0. The van der Waals surface area contributed by atoms with E-state index in [1.165, 1.54) is 12.3 Å². The lowest BCUT2D eigenvalue weighted by molar-refractivity contribution is 0.0657. The fourth-order valence-electron chi connectivity index (χ4n) is 1.27. The number of carboxylic acids is 1. The number of carbonyl (C=O) groups is 1. The first kappa shape index (κ1) is 10.6. The number of benzene rings is 1. The topological polar surface area (TPSA) is 67.5 Å².